The van der Waals surface area contributed by atoms with Crippen molar-refractivity contribution in [2.45, 2.75) is 40.2 Å². The molecule has 0 fully saturated rings. The summed E-state index contributed by atoms with van der Waals surface area (Å²) in [5, 5.41) is 1.50. The van der Waals surface area contributed by atoms with Gasteiger partial charge < -0.3 is 9.47 Å². The molecule has 0 aliphatic heterocycles. The normalized spacial score (nSPS) is 12.2. The molecule has 5 heteroatoms. The Hall–Kier alpha value is -2.43. The van der Waals surface area contributed by atoms with Crippen LogP contribution in [0.25, 0.3) is 22.0 Å². The van der Waals surface area contributed by atoms with Crippen molar-refractivity contribution in [1.82, 2.24) is 4.98 Å². The fourth-order valence-electron chi connectivity index (χ4n) is 3.57. The van der Waals surface area contributed by atoms with Crippen LogP contribution in [0.3, 0.4) is 0 Å². The van der Waals surface area contributed by atoms with E-state index >= 15 is 0 Å². The van der Waals surface area contributed by atoms with Crippen LogP contribution in [0.2, 0.25) is 5.02 Å². The molecule has 1 aromatic heterocycles. The molecule has 1 unspecified atom stereocenters. The highest BCUT2D eigenvalue weighted by Crippen LogP contribution is 2.39. The van der Waals surface area contributed by atoms with E-state index in [1.54, 1.807) is 6.92 Å². The summed E-state index contributed by atoms with van der Waals surface area (Å²) in [7, 11) is 0. The molecule has 0 aliphatic rings. The van der Waals surface area contributed by atoms with Gasteiger partial charge in [-0.15, -0.1) is 0 Å². The SMILES string of the molecule is CCOC(=O)C(OCC)c1c(C)nc2ccc(Cl)cc2c1-c1ccc(CC)cc1. The predicted molar refractivity (Wildman–Crippen MR) is 117 cm³/mol. The predicted octanol–water partition coefficient (Wildman–Crippen LogP) is 6.07. The Morgan fingerprint density at radius 3 is 2.41 bits per heavy atom. The maximum atomic E-state index is 12.8. The van der Waals surface area contributed by atoms with Crippen molar-refractivity contribution >= 4 is 28.5 Å². The Kier molecular flexibility index (Phi) is 6.88. The highest BCUT2D eigenvalue weighted by molar-refractivity contribution is 6.31. The van der Waals surface area contributed by atoms with Gasteiger partial charge in [-0.25, -0.2) is 4.79 Å². The summed E-state index contributed by atoms with van der Waals surface area (Å²) in [5.74, 6) is -0.410. The smallest absolute Gasteiger partial charge is 0.340 e. The van der Waals surface area contributed by atoms with E-state index in [4.69, 9.17) is 26.1 Å². The molecule has 0 N–H and O–H groups in total. The van der Waals surface area contributed by atoms with Gasteiger partial charge in [-0.1, -0.05) is 42.8 Å². The Morgan fingerprint density at radius 1 is 1.07 bits per heavy atom. The summed E-state index contributed by atoms with van der Waals surface area (Å²) in [4.78, 5) is 17.5. The molecule has 3 rings (SSSR count). The molecule has 1 heterocycles. The van der Waals surface area contributed by atoms with Crippen molar-refractivity contribution in [2.24, 2.45) is 0 Å². The lowest BCUT2D eigenvalue weighted by molar-refractivity contribution is -0.157. The molecule has 0 amide bonds. The summed E-state index contributed by atoms with van der Waals surface area (Å²) in [6, 6.07) is 14.0. The summed E-state index contributed by atoms with van der Waals surface area (Å²) < 4.78 is 11.2. The lowest BCUT2D eigenvalue weighted by Gasteiger charge is -2.23. The number of hydrogen-bond donors (Lipinski definition) is 0. The Bertz CT molecular complexity index is 1010. The number of ether oxygens (including phenoxy) is 2. The van der Waals surface area contributed by atoms with E-state index in [1.165, 1.54) is 5.56 Å². The van der Waals surface area contributed by atoms with Crippen molar-refractivity contribution in [3.63, 3.8) is 0 Å². The first-order chi connectivity index (χ1) is 14.0. The van der Waals surface area contributed by atoms with Gasteiger partial charge in [0, 0.05) is 28.3 Å². The largest absolute Gasteiger partial charge is 0.464 e. The third-order valence-electron chi connectivity index (χ3n) is 4.92. The second-order valence-electron chi connectivity index (χ2n) is 6.79. The summed E-state index contributed by atoms with van der Waals surface area (Å²) in [5.41, 5.74) is 5.43. The topological polar surface area (TPSA) is 48.4 Å². The van der Waals surface area contributed by atoms with Crippen LogP contribution in [0.1, 0.15) is 43.7 Å². The second-order valence-corrected chi connectivity index (χ2v) is 7.22. The van der Waals surface area contributed by atoms with Crippen LogP contribution in [0, 0.1) is 6.92 Å². The van der Waals surface area contributed by atoms with Crippen molar-refractivity contribution in [3.05, 3.63) is 64.3 Å². The van der Waals surface area contributed by atoms with E-state index in [2.05, 4.69) is 31.2 Å². The first-order valence-electron chi connectivity index (χ1n) is 9.97. The average molecular weight is 412 g/mol. The van der Waals surface area contributed by atoms with Crippen LogP contribution in [-0.4, -0.2) is 24.2 Å². The van der Waals surface area contributed by atoms with Gasteiger partial charge in [-0.2, -0.15) is 0 Å². The van der Waals surface area contributed by atoms with E-state index < -0.39 is 12.1 Å². The third kappa shape index (κ3) is 4.44. The number of aryl methyl sites for hydroxylation is 2. The van der Waals surface area contributed by atoms with Gasteiger partial charge in [0.25, 0.3) is 0 Å². The first kappa shape index (κ1) is 21.3. The molecule has 4 nitrogen and oxygen atoms in total. The molecule has 3 aromatic rings. The number of carbonyl (C=O) groups excluding carboxylic acids is 1. The van der Waals surface area contributed by atoms with Crippen LogP contribution in [0.4, 0.5) is 0 Å². The zero-order valence-corrected chi connectivity index (χ0v) is 18.0. The minimum Gasteiger partial charge on any atom is -0.464 e. The molecule has 0 saturated carbocycles. The lowest BCUT2D eigenvalue weighted by atomic mass is 9.90. The van der Waals surface area contributed by atoms with E-state index in [0.717, 1.165) is 39.7 Å². The molecular weight excluding hydrogens is 386 g/mol. The van der Waals surface area contributed by atoms with Gasteiger partial charge >= 0.3 is 5.97 Å². The Labute approximate surface area is 176 Å². The van der Waals surface area contributed by atoms with E-state index in [0.29, 0.717) is 11.6 Å². The quantitative estimate of drug-likeness (QED) is 0.443. The molecule has 0 bridgehead atoms. The van der Waals surface area contributed by atoms with Gasteiger partial charge in [0.15, 0.2) is 6.10 Å². The minimum absolute atomic E-state index is 0.287. The van der Waals surface area contributed by atoms with Crippen molar-refractivity contribution < 1.29 is 14.3 Å². The zero-order valence-electron chi connectivity index (χ0n) is 17.3. The minimum atomic E-state index is -0.850. The van der Waals surface area contributed by atoms with Gasteiger partial charge in [0.2, 0.25) is 0 Å². The number of nitrogens with zero attached hydrogens (tertiary/aromatic N) is 1. The van der Waals surface area contributed by atoms with Crippen molar-refractivity contribution in [3.8, 4) is 11.1 Å². The highest BCUT2D eigenvalue weighted by Gasteiger charge is 2.29. The molecule has 0 aliphatic carbocycles. The van der Waals surface area contributed by atoms with E-state index in [1.807, 2.05) is 32.0 Å². The average Bonchev–Trinajstić information content (AvgIpc) is 2.72. The van der Waals surface area contributed by atoms with E-state index in [9.17, 15) is 4.79 Å². The second kappa shape index (κ2) is 9.38. The number of aromatic nitrogens is 1. The number of pyridine rings is 1. The standard InChI is InChI=1S/C24H26ClNO3/c1-5-16-8-10-17(11-9-16)22-19-14-18(25)12-13-20(19)26-15(4)21(22)23(28-6-2)24(27)29-7-3/h8-14,23H,5-7H2,1-4H3. The number of rotatable bonds is 7. The van der Waals surface area contributed by atoms with Gasteiger partial charge in [-0.3, -0.25) is 4.98 Å². The molecular formula is C24H26ClNO3. The number of halogens is 1. The fraction of sp³-hybridized carbons (Fsp3) is 0.333. The van der Waals surface area contributed by atoms with Gasteiger partial charge in [-0.05, 0) is 62.1 Å². The number of fused-ring (bicyclic) bond motifs is 1. The molecule has 152 valence electrons. The first-order valence-corrected chi connectivity index (χ1v) is 10.3. The van der Waals surface area contributed by atoms with Crippen LogP contribution in [-0.2, 0) is 20.7 Å². The van der Waals surface area contributed by atoms with Crippen molar-refractivity contribution in [2.75, 3.05) is 13.2 Å². The number of hydrogen-bond acceptors (Lipinski definition) is 4. The van der Waals surface area contributed by atoms with Crippen LogP contribution < -0.4 is 0 Å². The third-order valence-corrected chi connectivity index (χ3v) is 5.16. The zero-order chi connectivity index (χ0) is 21.0. The molecule has 0 radical (unpaired) electrons. The summed E-state index contributed by atoms with van der Waals surface area (Å²) >= 11 is 6.32. The molecule has 29 heavy (non-hydrogen) atoms. The number of carbonyl (C=O) groups is 1. The lowest BCUT2D eigenvalue weighted by Crippen LogP contribution is -2.21. The van der Waals surface area contributed by atoms with Crippen LogP contribution >= 0.6 is 11.6 Å². The molecule has 1 atom stereocenters. The van der Waals surface area contributed by atoms with Gasteiger partial charge in [0.05, 0.1) is 12.1 Å². The van der Waals surface area contributed by atoms with Gasteiger partial charge in [0.1, 0.15) is 0 Å². The summed E-state index contributed by atoms with van der Waals surface area (Å²) in [6.45, 7) is 8.34. The van der Waals surface area contributed by atoms with Crippen molar-refractivity contribution in [1.29, 1.82) is 0 Å². The Morgan fingerprint density at radius 2 is 1.79 bits per heavy atom. The monoisotopic (exact) mass is 411 g/mol. The summed E-state index contributed by atoms with van der Waals surface area (Å²) in [6.07, 6.45) is 0.108. The van der Waals surface area contributed by atoms with Crippen LogP contribution in [0.5, 0.6) is 0 Å². The maximum Gasteiger partial charge on any atom is 0.340 e. The number of benzene rings is 2. The highest BCUT2D eigenvalue weighted by atomic mass is 35.5. The fourth-order valence-corrected chi connectivity index (χ4v) is 3.74. The van der Waals surface area contributed by atoms with E-state index in [-0.39, 0.29) is 6.61 Å². The van der Waals surface area contributed by atoms with Crippen LogP contribution in [0.15, 0.2) is 42.5 Å². The Balaban J connectivity index is 2.34. The molecule has 0 saturated heterocycles. The molecule has 2 aromatic carbocycles. The maximum absolute atomic E-state index is 12.8. The molecule has 0 spiro atoms. The number of esters is 1.